The van der Waals surface area contributed by atoms with E-state index in [1.54, 1.807) is 0 Å². The molecule has 0 aromatic carbocycles. The van der Waals surface area contributed by atoms with E-state index in [1.807, 2.05) is 32.7 Å². The second-order valence-corrected chi connectivity index (χ2v) is 5.83. The van der Waals surface area contributed by atoms with E-state index in [-0.39, 0.29) is 12.0 Å². The average molecular weight is 245 g/mol. The van der Waals surface area contributed by atoms with Crippen molar-refractivity contribution in [3.05, 3.63) is 0 Å². The highest BCUT2D eigenvalue weighted by Gasteiger charge is 2.30. The third-order valence-corrected chi connectivity index (χ3v) is 3.05. The monoisotopic (exact) mass is 245 g/mol. The van der Waals surface area contributed by atoms with E-state index in [0.29, 0.717) is 19.4 Å². The highest BCUT2D eigenvalue weighted by atomic mass is 19.1. The molecule has 1 aliphatic rings. The molecule has 3 nitrogen and oxygen atoms in total. The average Bonchev–Trinajstić information content (AvgIpc) is 2.58. The van der Waals surface area contributed by atoms with Crippen molar-refractivity contribution in [3.63, 3.8) is 0 Å². The number of esters is 1. The molecule has 0 radical (unpaired) electrons. The van der Waals surface area contributed by atoms with Gasteiger partial charge >= 0.3 is 5.97 Å². The fourth-order valence-electron chi connectivity index (χ4n) is 2.22. The standard InChI is InChI=1S/C13H24FNO2/c1-13(2,3)17-12(16)8-9-15(4)11-7-5-6-10(11)14/h10-11H,5-9H2,1-4H3/t10-,11-/m1/s1. The van der Waals surface area contributed by atoms with Crippen molar-refractivity contribution in [2.75, 3.05) is 13.6 Å². The Morgan fingerprint density at radius 3 is 2.53 bits per heavy atom. The molecule has 0 saturated heterocycles. The second kappa shape index (κ2) is 5.80. The van der Waals surface area contributed by atoms with Crippen LogP contribution in [0.1, 0.15) is 46.5 Å². The topological polar surface area (TPSA) is 29.5 Å². The molecule has 100 valence electrons. The van der Waals surface area contributed by atoms with Gasteiger partial charge in [0.05, 0.1) is 6.42 Å². The zero-order valence-corrected chi connectivity index (χ0v) is 11.3. The summed E-state index contributed by atoms with van der Waals surface area (Å²) in [6.07, 6.45) is 2.09. The Morgan fingerprint density at radius 1 is 1.41 bits per heavy atom. The largest absolute Gasteiger partial charge is 0.460 e. The van der Waals surface area contributed by atoms with Gasteiger partial charge in [0.15, 0.2) is 0 Å². The normalized spacial score (nSPS) is 25.3. The summed E-state index contributed by atoms with van der Waals surface area (Å²) >= 11 is 0. The summed E-state index contributed by atoms with van der Waals surface area (Å²) in [5.41, 5.74) is -0.439. The van der Waals surface area contributed by atoms with Gasteiger partial charge in [-0.25, -0.2) is 4.39 Å². The van der Waals surface area contributed by atoms with Gasteiger partial charge in [0.25, 0.3) is 0 Å². The molecule has 0 aromatic rings. The molecule has 0 heterocycles. The smallest absolute Gasteiger partial charge is 0.307 e. The lowest BCUT2D eigenvalue weighted by molar-refractivity contribution is -0.155. The van der Waals surface area contributed by atoms with Crippen LogP contribution >= 0.6 is 0 Å². The molecular weight excluding hydrogens is 221 g/mol. The number of carbonyl (C=O) groups is 1. The third kappa shape index (κ3) is 5.02. The zero-order valence-electron chi connectivity index (χ0n) is 11.3. The lowest BCUT2D eigenvalue weighted by Gasteiger charge is -2.26. The molecule has 0 spiro atoms. The predicted octanol–water partition coefficient (Wildman–Crippen LogP) is 2.54. The molecule has 17 heavy (non-hydrogen) atoms. The Morgan fingerprint density at radius 2 is 2.06 bits per heavy atom. The first-order valence-corrected chi connectivity index (χ1v) is 6.36. The Balaban J connectivity index is 2.28. The maximum atomic E-state index is 13.5. The van der Waals surface area contributed by atoms with Gasteiger partial charge in [-0.05, 0) is 47.1 Å². The Labute approximate surface area is 103 Å². The Kier molecular flexibility index (Phi) is 4.92. The SMILES string of the molecule is CN(CCC(=O)OC(C)(C)C)[C@@H]1CCC[C@H]1F. The van der Waals surface area contributed by atoms with Crippen LogP contribution in [0.3, 0.4) is 0 Å². The number of rotatable bonds is 4. The number of nitrogens with zero attached hydrogens (tertiary/aromatic N) is 1. The molecule has 0 N–H and O–H groups in total. The first-order valence-electron chi connectivity index (χ1n) is 6.36. The summed E-state index contributed by atoms with van der Waals surface area (Å²) in [5, 5.41) is 0. The van der Waals surface area contributed by atoms with Crippen LogP contribution in [0.4, 0.5) is 4.39 Å². The lowest BCUT2D eigenvalue weighted by Crippen LogP contribution is -2.37. The first-order chi connectivity index (χ1) is 7.79. The summed E-state index contributed by atoms with van der Waals surface area (Å²) in [7, 11) is 1.88. The minimum Gasteiger partial charge on any atom is -0.460 e. The van der Waals surface area contributed by atoms with Crippen LogP contribution in [-0.4, -0.2) is 42.3 Å². The van der Waals surface area contributed by atoms with Gasteiger partial charge in [0.2, 0.25) is 0 Å². The molecular formula is C13H24FNO2. The van der Waals surface area contributed by atoms with Crippen LogP contribution in [0, 0.1) is 0 Å². The maximum Gasteiger partial charge on any atom is 0.307 e. The van der Waals surface area contributed by atoms with Crippen molar-refractivity contribution in [2.24, 2.45) is 0 Å². The van der Waals surface area contributed by atoms with Crippen LogP contribution in [0.15, 0.2) is 0 Å². The van der Waals surface area contributed by atoms with E-state index in [2.05, 4.69) is 0 Å². The van der Waals surface area contributed by atoms with Crippen LogP contribution in [0.25, 0.3) is 0 Å². The number of hydrogen-bond acceptors (Lipinski definition) is 3. The fourth-order valence-corrected chi connectivity index (χ4v) is 2.22. The number of alkyl halides is 1. The third-order valence-electron chi connectivity index (χ3n) is 3.05. The predicted molar refractivity (Wildman–Crippen MR) is 65.6 cm³/mol. The van der Waals surface area contributed by atoms with Gasteiger partial charge in [-0.15, -0.1) is 0 Å². The number of carbonyl (C=O) groups excluding carboxylic acids is 1. The van der Waals surface area contributed by atoms with Gasteiger partial charge < -0.3 is 4.74 Å². The van der Waals surface area contributed by atoms with E-state index >= 15 is 0 Å². The van der Waals surface area contributed by atoms with Crippen molar-refractivity contribution in [1.82, 2.24) is 4.90 Å². The first kappa shape index (κ1) is 14.4. The Hall–Kier alpha value is -0.640. The fraction of sp³-hybridized carbons (Fsp3) is 0.923. The van der Waals surface area contributed by atoms with Gasteiger partial charge in [0.1, 0.15) is 11.8 Å². The minimum absolute atomic E-state index is 0.0163. The summed E-state index contributed by atoms with van der Waals surface area (Å²) in [6, 6.07) is -0.0163. The second-order valence-electron chi connectivity index (χ2n) is 5.83. The molecule has 1 rings (SSSR count). The van der Waals surface area contributed by atoms with Crippen molar-refractivity contribution in [2.45, 2.75) is 64.3 Å². The molecule has 4 heteroatoms. The molecule has 0 unspecified atom stereocenters. The Bertz CT molecular complexity index is 263. The van der Waals surface area contributed by atoms with Crippen molar-refractivity contribution in [3.8, 4) is 0 Å². The molecule has 0 aliphatic heterocycles. The summed E-state index contributed by atoms with van der Waals surface area (Å²) < 4.78 is 18.7. The van der Waals surface area contributed by atoms with Gasteiger partial charge in [-0.2, -0.15) is 0 Å². The molecule has 1 saturated carbocycles. The number of halogens is 1. The zero-order chi connectivity index (χ0) is 13.1. The summed E-state index contributed by atoms with van der Waals surface area (Å²) in [4.78, 5) is 13.5. The maximum absolute atomic E-state index is 13.5. The van der Waals surface area contributed by atoms with E-state index in [4.69, 9.17) is 4.74 Å². The van der Waals surface area contributed by atoms with Crippen LogP contribution < -0.4 is 0 Å². The molecule has 2 atom stereocenters. The molecule has 0 bridgehead atoms. The highest BCUT2D eigenvalue weighted by Crippen LogP contribution is 2.26. The lowest BCUT2D eigenvalue weighted by atomic mass is 10.2. The minimum atomic E-state index is -0.737. The van der Waals surface area contributed by atoms with E-state index in [1.165, 1.54) is 0 Å². The van der Waals surface area contributed by atoms with Crippen molar-refractivity contribution >= 4 is 5.97 Å². The van der Waals surface area contributed by atoms with Gasteiger partial charge in [-0.1, -0.05) is 0 Å². The van der Waals surface area contributed by atoms with Gasteiger partial charge in [-0.3, -0.25) is 9.69 Å². The van der Waals surface area contributed by atoms with Crippen LogP contribution in [-0.2, 0) is 9.53 Å². The quantitative estimate of drug-likeness (QED) is 0.713. The van der Waals surface area contributed by atoms with E-state index < -0.39 is 11.8 Å². The summed E-state index contributed by atoms with van der Waals surface area (Å²) in [5.74, 6) is -0.210. The van der Waals surface area contributed by atoms with Crippen molar-refractivity contribution < 1.29 is 13.9 Å². The van der Waals surface area contributed by atoms with Crippen LogP contribution in [0.2, 0.25) is 0 Å². The van der Waals surface area contributed by atoms with Crippen LogP contribution in [0.5, 0.6) is 0 Å². The number of ether oxygens (including phenoxy) is 1. The molecule has 0 amide bonds. The van der Waals surface area contributed by atoms with E-state index in [9.17, 15) is 9.18 Å². The molecule has 1 fully saturated rings. The van der Waals surface area contributed by atoms with Crippen molar-refractivity contribution in [1.29, 1.82) is 0 Å². The molecule has 1 aliphatic carbocycles. The summed E-state index contributed by atoms with van der Waals surface area (Å²) in [6.45, 7) is 6.12. The molecule has 0 aromatic heterocycles. The number of hydrogen-bond donors (Lipinski definition) is 0. The van der Waals surface area contributed by atoms with Gasteiger partial charge in [0, 0.05) is 12.6 Å². The van der Waals surface area contributed by atoms with E-state index in [0.717, 1.165) is 12.8 Å². The highest BCUT2D eigenvalue weighted by molar-refractivity contribution is 5.70.